The molecule has 0 spiro atoms. The minimum atomic E-state index is -0.512. The minimum absolute atomic E-state index is 0.382. The number of thiocarbonyl (C=S) groups is 2. The van der Waals surface area contributed by atoms with Gasteiger partial charge in [-0.1, -0.05) is 42.5 Å². The Bertz CT molecular complexity index is 466. The Morgan fingerprint density at radius 2 is 2.00 bits per heavy atom. The van der Waals surface area contributed by atoms with Crippen LogP contribution in [-0.2, 0) is 10.4 Å². The SMILES string of the molecule is CC1(c2ccccc2)NC(=S)N(OCCN)C1=S. The second-order valence-electron chi connectivity index (χ2n) is 4.14. The van der Waals surface area contributed by atoms with E-state index in [1.807, 2.05) is 37.3 Å². The van der Waals surface area contributed by atoms with Crippen molar-refractivity contribution in [3.8, 4) is 0 Å². The summed E-state index contributed by atoms with van der Waals surface area (Å²) >= 11 is 10.7. The maximum absolute atomic E-state index is 5.46. The summed E-state index contributed by atoms with van der Waals surface area (Å²) < 4.78 is 0. The Hall–Kier alpha value is -1.08. The fourth-order valence-corrected chi connectivity index (χ4v) is 2.56. The van der Waals surface area contributed by atoms with Crippen molar-refractivity contribution in [2.75, 3.05) is 13.2 Å². The lowest BCUT2D eigenvalue weighted by Gasteiger charge is -2.24. The van der Waals surface area contributed by atoms with Crippen LogP contribution in [0.4, 0.5) is 0 Å². The lowest BCUT2D eigenvalue weighted by Crippen LogP contribution is -2.39. The fraction of sp³-hybridized carbons (Fsp3) is 0.333. The maximum Gasteiger partial charge on any atom is 0.199 e. The first-order valence-electron chi connectivity index (χ1n) is 5.65. The molecule has 1 aromatic rings. The van der Waals surface area contributed by atoms with Crippen LogP contribution in [0.5, 0.6) is 0 Å². The summed E-state index contributed by atoms with van der Waals surface area (Å²) in [4.78, 5) is 6.06. The number of nitrogens with zero attached hydrogens (tertiary/aromatic N) is 1. The largest absolute Gasteiger partial charge is 0.345 e. The zero-order valence-electron chi connectivity index (χ0n) is 10.1. The third-order valence-electron chi connectivity index (χ3n) is 2.84. The van der Waals surface area contributed by atoms with Crippen LogP contribution >= 0.6 is 24.4 Å². The average Bonchev–Trinajstić information content (AvgIpc) is 2.60. The lowest BCUT2D eigenvalue weighted by molar-refractivity contribution is -0.0320. The van der Waals surface area contributed by atoms with E-state index < -0.39 is 5.54 Å². The highest BCUT2D eigenvalue weighted by molar-refractivity contribution is 7.82. The van der Waals surface area contributed by atoms with Crippen LogP contribution in [-0.4, -0.2) is 28.3 Å². The molecular weight excluding hydrogens is 266 g/mol. The van der Waals surface area contributed by atoms with Crippen molar-refractivity contribution in [2.24, 2.45) is 5.73 Å². The van der Waals surface area contributed by atoms with Crippen LogP contribution in [0.1, 0.15) is 12.5 Å². The molecule has 0 aliphatic carbocycles. The number of nitrogens with one attached hydrogen (secondary N) is 1. The van der Waals surface area contributed by atoms with Gasteiger partial charge in [0.25, 0.3) is 0 Å². The maximum atomic E-state index is 5.46. The van der Waals surface area contributed by atoms with Gasteiger partial charge in [0.1, 0.15) is 10.5 Å². The van der Waals surface area contributed by atoms with Gasteiger partial charge in [0, 0.05) is 6.54 Å². The summed E-state index contributed by atoms with van der Waals surface area (Å²) in [7, 11) is 0. The summed E-state index contributed by atoms with van der Waals surface area (Å²) in [6, 6.07) is 9.92. The molecule has 1 heterocycles. The molecule has 1 atom stereocenters. The summed E-state index contributed by atoms with van der Waals surface area (Å²) in [6.07, 6.45) is 0. The van der Waals surface area contributed by atoms with Crippen LogP contribution in [0.3, 0.4) is 0 Å². The van der Waals surface area contributed by atoms with E-state index in [-0.39, 0.29) is 0 Å². The third kappa shape index (κ3) is 2.24. The molecule has 0 amide bonds. The van der Waals surface area contributed by atoms with Crippen molar-refractivity contribution in [3.05, 3.63) is 35.9 Å². The topological polar surface area (TPSA) is 50.5 Å². The summed E-state index contributed by atoms with van der Waals surface area (Å²) in [5.74, 6) is 0. The lowest BCUT2D eigenvalue weighted by atomic mass is 9.93. The number of benzene rings is 1. The molecule has 0 bridgehead atoms. The van der Waals surface area contributed by atoms with E-state index in [1.54, 1.807) is 0 Å². The molecule has 2 rings (SSSR count). The van der Waals surface area contributed by atoms with Crippen LogP contribution in [0.2, 0.25) is 0 Å². The van der Waals surface area contributed by atoms with Gasteiger partial charge in [0.15, 0.2) is 5.11 Å². The number of nitrogens with two attached hydrogens (primary N) is 1. The van der Waals surface area contributed by atoms with E-state index >= 15 is 0 Å². The average molecular weight is 281 g/mol. The van der Waals surface area contributed by atoms with Crippen molar-refractivity contribution >= 4 is 34.5 Å². The monoisotopic (exact) mass is 281 g/mol. The fourth-order valence-electron chi connectivity index (χ4n) is 1.84. The van der Waals surface area contributed by atoms with Gasteiger partial charge in [-0.15, -0.1) is 0 Å². The van der Waals surface area contributed by atoms with Crippen LogP contribution in [0.25, 0.3) is 0 Å². The number of rotatable bonds is 4. The minimum Gasteiger partial charge on any atom is -0.345 e. The molecule has 1 fully saturated rings. The van der Waals surface area contributed by atoms with Gasteiger partial charge < -0.3 is 11.1 Å². The molecule has 1 saturated heterocycles. The first kappa shape index (κ1) is 13.4. The number of hydrogen-bond donors (Lipinski definition) is 2. The zero-order chi connectivity index (χ0) is 13.2. The van der Waals surface area contributed by atoms with E-state index in [0.717, 1.165) is 5.56 Å². The molecule has 6 heteroatoms. The Balaban J connectivity index is 2.26. The molecule has 0 aromatic heterocycles. The summed E-state index contributed by atoms with van der Waals surface area (Å²) in [6.45, 7) is 2.79. The Morgan fingerprint density at radius 3 is 2.61 bits per heavy atom. The highest BCUT2D eigenvalue weighted by Gasteiger charge is 2.44. The highest BCUT2D eigenvalue weighted by Crippen LogP contribution is 2.29. The van der Waals surface area contributed by atoms with Gasteiger partial charge in [-0.3, -0.25) is 4.84 Å². The van der Waals surface area contributed by atoms with Crippen LogP contribution in [0, 0.1) is 0 Å². The van der Waals surface area contributed by atoms with Crippen molar-refractivity contribution in [1.82, 2.24) is 10.4 Å². The summed E-state index contributed by atoms with van der Waals surface area (Å²) in [5.41, 5.74) is 5.96. The van der Waals surface area contributed by atoms with Crippen molar-refractivity contribution in [3.63, 3.8) is 0 Å². The second-order valence-corrected chi connectivity index (χ2v) is 4.92. The summed E-state index contributed by atoms with van der Waals surface area (Å²) in [5, 5.41) is 5.15. The van der Waals surface area contributed by atoms with Crippen LogP contribution in [0.15, 0.2) is 30.3 Å². The molecule has 3 N–H and O–H groups in total. The van der Waals surface area contributed by atoms with Crippen LogP contribution < -0.4 is 11.1 Å². The van der Waals surface area contributed by atoms with Gasteiger partial charge in [0.05, 0.1) is 6.61 Å². The van der Waals surface area contributed by atoms with E-state index in [0.29, 0.717) is 23.3 Å². The molecular formula is C12H15N3OS2. The smallest absolute Gasteiger partial charge is 0.199 e. The molecule has 1 aliphatic heterocycles. The zero-order valence-corrected chi connectivity index (χ0v) is 11.7. The Kier molecular flexibility index (Phi) is 3.91. The van der Waals surface area contributed by atoms with Crippen molar-refractivity contribution < 1.29 is 4.84 Å². The number of hydrogen-bond acceptors (Lipinski definition) is 4. The van der Waals surface area contributed by atoms with Gasteiger partial charge in [-0.05, 0) is 24.7 Å². The first-order valence-corrected chi connectivity index (χ1v) is 6.46. The highest BCUT2D eigenvalue weighted by atomic mass is 32.1. The van der Waals surface area contributed by atoms with Gasteiger partial charge in [-0.2, -0.15) is 5.06 Å². The first-order chi connectivity index (χ1) is 8.59. The molecule has 0 radical (unpaired) electrons. The second kappa shape index (κ2) is 5.27. The predicted octanol–water partition coefficient (Wildman–Crippen LogP) is 1.31. The normalized spacial score (nSPS) is 23.3. The van der Waals surface area contributed by atoms with Gasteiger partial charge in [-0.25, -0.2) is 0 Å². The molecule has 1 aromatic carbocycles. The van der Waals surface area contributed by atoms with Gasteiger partial charge >= 0.3 is 0 Å². The Morgan fingerprint density at radius 1 is 1.33 bits per heavy atom. The van der Waals surface area contributed by atoms with Crippen molar-refractivity contribution in [2.45, 2.75) is 12.5 Å². The van der Waals surface area contributed by atoms with Gasteiger partial charge in [0.2, 0.25) is 0 Å². The van der Waals surface area contributed by atoms with E-state index in [1.165, 1.54) is 5.06 Å². The quantitative estimate of drug-likeness (QED) is 0.812. The molecule has 1 unspecified atom stereocenters. The van der Waals surface area contributed by atoms with Crippen molar-refractivity contribution in [1.29, 1.82) is 0 Å². The molecule has 18 heavy (non-hydrogen) atoms. The Labute approximate surface area is 117 Å². The number of hydroxylamine groups is 2. The molecule has 0 saturated carbocycles. The molecule has 4 nitrogen and oxygen atoms in total. The van der Waals surface area contributed by atoms with E-state index in [9.17, 15) is 0 Å². The predicted molar refractivity (Wildman–Crippen MR) is 79.0 cm³/mol. The molecule has 1 aliphatic rings. The van der Waals surface area contributed by atoms with E-state index in [2.05, 4.69) is 5.32 Å². The molecule has 96 valence electrons. The van der Waals surface area contributed by atoms with E-state index in [4.69, 9.17) is 35.0 Å². The third-order valence-corrected chi connectivity index (χ3v) is 3.68. The standard InChI is InChI=1S/C12H15N3OS2/c1-12(9-5-3-2-4-6-9)10(17)15(11(18)14-12)16-8-7-13/h2-6H,7-8,13H2,1H3,(H,14,18).